The van der Waals surface area contributed by atoms with Crippen molar-refractivity contribution in [3.63, 3.8) is 0 Å². The molecule has 0 saturated heterocycles. The van der Waals surface area contributed by atoms with E-state index in [1.807, 2.05) is 31.2 Å². The highest BCUT2D eigenvalue weighted by Crippen LogP contribution is 2.12. The quantitative estimate of drug-likeness (QED) is 0.768. The van der Waals surface area contributed by atoms with Gasteiger partial charge >= 0.3 is 0 Å². The topological polar surface area (TPSA) is 55.1 Å². The standard InChI is InChI=1S/C14H22N2O/c1-4-10(2)11(3)16-14(17)9-12-7-5-6-8-13(12)15/h5-8,10-11H,4,9,15H2,1-3H3,(H,16,17). The number of nitrogen functional groups attached to an aromatic ring is 1. The Hall–Kier alpha value is -1.51. The van der Waals surface area contributed by atoms with Gasteiger partial charge in [0.25, 0.3) is 0 Å². The van der Waals surface area contributed by atoms with Gasteiger partial charge in [-0.1, -0.05) is 38.5 Å². The number of amides is 1. The van der Waals surface area contributed by atoms with Crippen LogP contribution in [0, 0.1) is 5.92 Å². The van der Waals surface area contributed by atoms with Crippen molar-refractivity contribution in [2.75, 3.05) is 5.73 Å². The highest BCUT2D eigenvalue weighted by Gasteiger charge is 2.13. The van der Waals surface area contributed by atoms with Crippen molar-refractivity contribution < 1.29 is 4.79 Å². The Morgan fingerprint density at radius 1 is 1.35 bits per heavy atom. The number of carbonyl (C=O) groups excluding carboxylic acids is 1. The summed E-state index contributed by atoms with van der Waals surface area (Å²) in [5, 5.41) is 3.01. The number of nitrogens with two attached hydrogens (primary N) is 1. The van der Waals surface area contributed by atoms with E-state index in [0.717, 1.165) is 12.0 Å². The van der Waals surface area contributed by atoms with Crippen molar-refractivity contribution >= 4 is 11.6 Å². The Morgan fingerprint density at radius 2 is 2.00 bits per heavy atom. The molecular formula is C14H22N2O. The van der Waals surface area contributed by atoms with Crippen LogP contribution in [0.4, 0.5) is 5.69 Å². The minimum atomic E-state index is 0.0377. The van der Waals surface area contributed by atoms with Crippen LogP contribution in [0.5, 0.6) is 0 Å². The predicted molar refractivity (Wildman–Crippen MR) is 71.6 cm³/mol. The summed E-state index contributed by atoms with van der Waals surface area (Å²) in [6.07, 6.45) is 1.42. The Labute approximate surface area is 103 Å². The number of benzene rings is 1. The van der Waals surface area contributed by atoms with Gasteiger partial charge in [-0.25, -0.2) is 0 Å². The van der Waals surface area contributed by atoms with Gasteiger partial charge in [0, 0.05) is 11.7 Å². The average Bonchev–Trinajstić information content (AvgIpc) is 2.31. The van der Waals surface area contributed by atoms with E-state index in [1.165, 1.54) is 0 Å². The highest BCUT2D eigenvalue weighted by molar-refractivity contribution is 5.80. The average molecular weight is 234 g/mol. The summed E-state index contributed by atoms with van der Waals surface area (Å²) in [4.78, 5) is 11.8. The Morgan fingerprint density at radius 3 is 2.59 bits per heavy atom. The number of anilines is 1. The molecule has 1 aromatic carbocycles. The first-order valence-corrected chi connectivity index (χ1v) is 6.17. The summed E-state index contributed by atoms with van der Waals surface area (Å²) in [5.41, 5.74) is 7.38. The van der Waals surface area contributed by atoms with Gasteiger partial charge in [-0.05, 0) is 24.5 Å². The number of carbonyl (C=O) groups is 1. The highest BCUT2D eigenvalue weighted by atomic mass is 16.1. The lowest BCUT2D eigenvalue weighted by Gasteiger charge is -2.20. The molecule has 0 heterocycles. The summed E-state index contributed by atoms with van der Waals surface area (Å²) in [6.45, 7) is 6.31. The number of para-hydroxylation sites is 1. The first-order chi connectivity index (χ1) is 8.04. The molecular weight excluding hydrogens is 212 g/mol. The maximum atomic E-state index is 11.8. The fourth-order valence-corrected chi connectivity index (χ4v) is 1.67. The molecule has 0 bridgehead atoms. The second-order valence-corrected chi connectivity index (χ2v) is 4.62. The van der Waals surface area contributed by atoms with Gasteiger partial charge < -0.3 is 11.1 Å². The molecule has 0 aliphatic rings. The first-order valence-electron chi connectivity index (χ1n) is 6.17. The van der Waals surface area contributed by atoms with Crippen LogP contribution in [-0.2, 0) is 11.2 Å². The van der Waals surface area contributed by atoms with Crippen molar-refractivity contribution in [1.29, 1.82) is 0 Å². The van der Waals surface area contributed by atoms with Crippen LogP contribution < -0.4 is 11.1 Å². The molecule has 2 atom stereocenters. The molecule has 0 aromatic heterocycles. The van der Waals surface area contributed by atoms with Crippen LogP contribution in [0.1, 0.15) is 32.8 Å². The molecule has 0 saturated carbocycles. The van der Waals surface area contributed by atoms with Crippen molar-refractivity contribution in [1.82, 2.24) is 5.32 Å². The van der Waals surface area contributed by atoms with Gasteiger partial charge in [-0.2, -0.15) is 0 Å². The van der Waals surface area contributed by atoms with Crippen molar-refractivity contribution in [3.05, 3.63) is 29.8 Å². The number of hydrogen-bond donors (Lipinski definition) is 2. The maximum Gasteiger partial charge on any atom is 0.224 e. The molecule has 3 N–H and O–H groups in total. The molecule has 1 amide bonds. The van der Waals surface area contributed by atoms with E-state index in [-0.39, 0.29) is 11.9 Å². The van der Waals surface area contributed by atoms with E-state index in [0.29, 0.717) is 18.0 Å². The van der Waals surface area contributed by atoms with Gasteiger partial charge in [0.15, 0.2) is 0 Å². The molecule has 3 heteroatoms. The molecule has 3 nitrogen and oxygen atoms in total. The smallest absolute Gasteiger partial charge is 0.224 e. The molecule has 0 aliphatic heterocycles. The van der Waals surface area contributed by atoms with Gasteiger partial charge in [0.1, 0.15) is 0 Å². The van der Waals surface area contributed by atoms with Crippen molar-refractivity contribution in [2.24, 2.45) is 5.92 Å². The number of rotatable bonds is 5. The van der Waals surface area contributed by atoms with E-state index in [4.69, 9.17) is 5.73 Å². The predicted octanol–water partition coefficient (Wildman–Crippen LogP) is 2.36. The summed E-state index contributed by atoms with van der Waals surface area (Å²) in [7, 11) is 0. The number of hydrogen-bond acceptors (Lipinski definition) is 2. The van der Waals surface area contributed by atoms with E-state index in [2.05, 4.69) is 19.2 Å². The first kappa shape index (κ1) is 13.6. The fraction of sp³-hybridized carbons (Fsp3) is 0.500. The lowest BCUT2D eigenvalue weighted by atomic mass is 10.0. The minimum absolute atomic E-state index is 0.0377. The molecule has 0 radical (unpaired) electrons. The minimum Gasteiger partial charge on any atom is -0.398 e. The molecule has 0 aliphatic carbocycles. The van der Waals surface area contributed by atoms with Crippen molar-refractivity contribution in [2.45, 2.75) is 39.7 Å². The van der Waals surface area contributed by atoms with E-state index in [1.54, 1.807) is 0 Å². The summed E-state index contributed by atoms with van der Waals surface area (Å²) >= 11 is 0. The van der Waals surface area contributed by atoms with E-state index >= 15 is 0 Å². The third kappa shape index (κ3) is 4.10. The zero-order valence-corrected chi connectivity index (χ0v) is 10.9. The van der Waals surface area contributed by atoms with Crippen LogP contribution in [0.2, 0.25) is 0 Å². The molecule has 0 spiro atoms. The molecule has 1 rings (SSSR count). The summed E-state index contributed by atoms with van der Waals surface area (Å²) < 4.78 is 0. The summed E-state index contributed by atoms with van der Waals surface area (Å²) in [5.74, 6) is 0.530. The normalized spacial score (nSPS) is 14.1. The molecule has 0 fully saturated rings. The fourth-order valence-electron chi connectivity index (χ4n) is 1.67. The maximum absolute atomic E-state index is 11.8. The number of nitrogens with one attached hydrogen (secondary N) is 1. The molecule has 94 valence electrons. The SMILES string of the molecule is CCC(C)C(C)NC(=O)Cc1ccccc1N. The Balaban J connectivity index is 2.53. The van der Waals surface area contributed by atoms with Gasteiger partial charge in [0.2, 0.25) is 5.91 Å². The van der Waals surface area contributed by atoms with E-state index in [9.17, 15) is 4.79 Å². The second kappa shape index (κ2) is 6.28. The van der Waals surface area contributed by atoms with Gasteiger partial charge in [0.05, 0.1) is 6.42 Å². The second-order valence-electron chi connectivity index (χ2n) is 4.62. The lowest BCUT2D eigenvalue weighted by molar-refractivity contribution is -0.121. The molecule has 17 heavy (non-hydrogen) atoms. The lowest BCUT2D eigenvalue weighted by Crippen LogP contribution is -2.37. The zero-order valence-electron chi connectivity index (χ0n) is 10.9. The third-order valence-corrected chi connectivity index (χ3v) is 3.29. The monoisotopic (exact) mass is 234 g/mol. The third-order valence-electron chi connectivity index (χ3n) is 3.29. The largest absolute Gasteiger partial charge is 0.398 e. The Kier molecular flexibility index (Phi) is 5.01. The Bertz CT molecular complexity index is 376. The van der Waals surface area contributed by atoms with E-state index < -0.39 is 0 Å². The van der Waals surface area contributed by atoms with Crippen LogP contribution in [0.3, 0.4) is 0 Å². The van der Waals surface area contributed by atoms with Crippen LogP contribution in [0.15, 0.2) is 24.3 Å². The van der Waals surface area contributed by atoms with Gasteiger partial charge in [-0.15, -0.1) is 0 Å². The van der Waals surface area contributed by atoms with Crippen LogP contribution in [0.25, 0.3) is 0 Å². The van der Waals surface area contributed by atoms with Crippen LogP contribution in [-0.4, -0.2) is 11.9 Å². The summed E-state index contributed by atoms with van der Waals surface area (Å²) in [6, 6.07) is 7.69. The van der Waals surface area contributed by atoms with Crippen molar-refractivity contribution in [3.8, 4) is 0 Å². The molecule has 1 aromatic rings. The van der Waals surface area contributed by atoms with Gasteiger partial charge in [-0.3, -0.25) is 4.79 Å². The molecule has 2 unspecified atom stereocenters. The zero-order chi connectivity index (χ0) is 12.8. The van der Waals surface area contributed by atoms with Crippen LogP contribution >= 0.6 is 0 Å².